The van der Waals surface area contributed by atoms with Gasteiger partial charge in [-0.2, -0.15) is 0 Å². The van der Waals surface area contributed by atoms with E-state index in [0.717, 1.165) is 29.9 Å². The average molecular weight is 386 g/mol. The first-order valence-electron chi connectivity index (χ1n) is 9.80. The smallest absolute Gasteiger partial charge is 0.251 e. The minimum atomic E-state index is -0.0294. The Balaban J connectivity index is 1.80. The normalized spacial score (nSPS) is 11.5. The molecule has 0 bridgehead atoms. The van der Waals surface area contributed by atoms with Crippen molar-refractivity contribution >= 4 is 11.9 Å². The Bertz CT molecular complexity index is 765. The lowest BCUT2D eigenvalue weighted by atomic mass is 10.1. The van der Waals surface area contributed by atoms with Crippen LogP contribution in [0.15, 0.2) is 39.8 Å². The molecule has 7 nitrogen and oxygen atoms in total. The van der Waals surface area contributed by atoms with Crippen LogP contribution in [0.1, 0.15) is 66.9 Å². The number of aliphatic imine (C=N–C) groups is 1. The van der Waals surface area contributed by atoms with Gasteiger partial charge in [-0.15, -0.1) is 0 Å². The van der Waals surface area contributed by atoms with Gasteiger partial charge in [0, 0.05) is 31.8 Å². The molecule has 0 saturated carbocycles. The topological polar surface area (TPSA) is 91.5 Å². The molecule has 152 valence electrons. The van der Waals surface area contributed by atoms with Gasteiger partial charge in [0.1, 0.15) is 0 Å². The quantitative estimate of drug-likeness (QED) is 0.350. The number of guanidine groups is 1. The lowest BCUT2D eigenvalue weighted by molar-refractivity contribution is 0.0953. The number of nitrogens with one attached hydrogen (secondary N) is 3. The molecular formula is C21H31N5O2. The number of benzene rings is 1. The number of hydrogen-bond donors (Lipinski definition) is 3. The number of unbranched alkanes of at least 4 members (excludes halogenated alkanes) is 1. The van der Waals surface area contributed by atoms with Crippen LogP contribution in [0.2, 0.25) is 0 Å². The molecule has 1 amide bonds. The van der Waals surface area contributed by atoms with Gasteiger partial charge in [0.25, 0.3) is 5.91 Å². The van der Waals surface area contributed by atoms with E-state index < -0.39 is 0 Å². The molecule has 0 saturated heterocycles. The van der Waals surface area contributed by atoms with Crippen LogP contribution in [0.4, 0.5) is 0 Å². The van der Waals surface area contributed by atoms with Crippen molar-refractivity contribution in [2.75, 3.05) is 13.6 Å². The number of carbonyl (C=O) groups excluding carboxylic acids is 1. The van der Waals surface area contributed by atoms with Crippen molar-refractivity contribution < 1.29 is 9.32 Å². The van der Waals surface area contributed by atoms with Crippen molar-refractivity contribution in [2.45, 2.75) is 52.6 Å². The summed E-state index contributed by atoms with van der Waals surface area (Å²) in [7, 11) is 1.72. The fourth-order valence-corrected chi connectivity index (χ4v) is 2.52. The summed E-state index contributed by atoms with van der Waals surface area (Å²) in [5, 5.41) is 13.4. The zero-order valence-corrected chi connectivity index (χ0v) is 17.2. The molecule has 3 N–H and O–H groups in total. The highest BCUT2D eigenvalue weighted by Gasteiger charge is 2.08. The molecule has 0 spiro atoms. The Morgan fingerprint density at radius 1 is 1.14 bits per heavy atom. The van der Waals surface area contributed by atoms with E-state index in [0.29, 0.717) is 37.1 Å². The van der Waals surface area contributed by atoms with Crippen LogP contribution >= 0.6 is 0 Å². The summed E-state index contributed by atoms with van der Waals surface area (Å²) in [6, 6.07) is 9.53. The van der Waals surface area contributed by atoms with Crippen LogP contribution in [-0.4, -0.2) is 30.6 Å². The van der Waals surface area contributed by atoms with E-state index in [1.807, 2.05) is 30.3 Å². The van der Waals surface area contributed by atoms with Gasteiger partial charge in [-0.05, 0) is 30.0 Å². The second-order valence-corrected chi connectivity index (χ2v) is 6.96. The van der Waals surface area contributed by atoms with Crippen molar-refractivity contribution in [1.82, 2.24) is 21.1 Å². The maximum absolute atomic E-state index is 12.0. The summed E-state index contributed by atoms with van der Waals surface area (Å²) in [5.74, 6) is 1.75. The third-order valence-corrected chi connectivity index (χ3v) is 4.31. The molecule has 1 aromatic carbocycles. The first-order valence-corrected chi connectivity index (χ1v) is 9.80. The minimum absolute atomic E-state index is 0.0294. The Morgan fingerprint density at radius 2 is 1.86 bits per heavy atom. The first-order chi connectivity index (χ1) is 13.5. The Hall–Kier alpha value is -2.83. The van der Waals surface area contributed by atoms with Gasteiger partial charge in [-0.3, -0.25) is 9.79 Å². The van der Waals surface area contributed by atoms with E-state index >= 15 is 0 Å². The Morgan fingerprint density at radius 3 is 2.46 bits per heavy atom. The zero-order valence-electron chi connectivity index (χ0n) is 17.2. The van der Waals surface area contributed by atoms with Crippen LogP contribution in [-0.2, 0) is 13.1 Å². The van der Waals surface area contributed by atoms with Crippen LogP contribution in [0.5, 0.6) is 0 Å². The molecule has 0 aliphatic rings. The zero-order chi connectivity index (χ0) is 20.4. The van der Waals surface area contributed by atoms with Crippen molar-refractivity contribution in [3.63, 3.8) is 0 Å². The average Bonchev–Trinajstić information content (AvgIpc) is 3.18. The number of amides is 1. The third-order valence-electron chi connectivity index (χ3n) is 4.31. The highest BCUT2D eigenvalue weighted by atomic mass is 16.5. The van der Waals surface area contributed by atoms with Crippen molar-refractivity contribution in [1.29, 1.82) is 0 Å². The molecular weight excluding hydrogens is 354 g/mol. The van der Waals surface area contributed by atoms with Gasteiger partial charge in [-0.25, -0.2) is 0 Å². The van der Waals surface area contributed by atoms with Crippen LogP contribution in [0, 0.1) is 0 Å². The predicted octanol–water partition coefficient (Wildman–Crippen LogP) is 3.19. The van der Waals surface area contributed by atoms with Crippen molar-refractivity contribution in [2.24, 2.45) is 4.99 Å². The number of hydrogen-bond acceptors (Lipinski definition) is 4. The molecule has 0 unspecified atom stereocenters. The molecule has 2 rings (SSSR count). The summed E-state index contributed by atoms with van der Waals surface area (Å²) in [5.41, 5.74) is 2.68. The maximum atomic E-state index is 12.0. The van der Waals surface area contributed by atoms with Crippen LogP contribution < -0.4 is 16.0 Å². The van der Waals surface area contributed by atoms with E-state index in [1.165, 1.54) is 0 Å². The van der Waals surface area contributed by atoms with E-state index in [1.54, 1.807) is 7.05 Å². The summed E-state index contributed by atoms with van der Waals surface area (Å²) in [6.45, 7) is 8.09. The van der Waals surface area contributed by atoms with Gasteiger partial charge in [-0.1, -0.05) is 44.5 Å². The number of rotatable bonds is 9. The van der Waals surface area contributed by atoms with E-state index in [4.69, 9.17) is 4.52 Å². The van der Waals surface area contributed by atoms with Crippen molar-refractivity contribution in [3.8, 4) is 0 Å². The second-order valence-electron chi connectivity index (χ2n) is 6.96. The summed E-state index contributed by atoms with van der Waals surface area (Å²) < 4.78 is 5.32. The second kappa shape index (κ2) is 11.1. The van der Waals surface area contributed by atoms with Crippen LogP contribution in [0.25, 0.3) is 0 Å². The van der Waals surface area contributed by atoms with Gasteiger partial charge in [0.15, 0.2) is 11.7 Å². The van der Waals surface area contributed by atoms with Crippen molar-refractivity contribution in [3.05, 3.63) is 52.9 Å². The molecule has 7 heteroatoms. The predicted molar refractivity (Wildman–Crippen MR) is 111 cm³/mol. The van der Waals surface area contributed by atoms with Crippen LogP contribution in [0.3, 0.4) is 0 Å². The molecule has 0 fully saturated rings. The first kappa shape index (κ1) is 21.5. The largest absolute Gasteiger partial charge is 0.359 e. The molecule has 0 aliphatic heterocycles. The molecule has 1 heterocycles. The molecule has 2 aromatic rings. The Kier molecular flexibility index (Phi) is 8.52. The maximum Gasteiger partial charge on any atom is 0.251 e. The SMILES string of the molecule is CCCCNC(=O)c1ccc(CNC(=NC)NCc2cc(C(C)C)no2)cc1. The summed E-state index contributed by atoms with van der Waals surface area (Å²) in [6.07, 6.45) is 2.06. The third kappa shape index (κ3) is 6.72. The van der Waals surface area contributed by atoms with E-state index in [9.17, 15) is 4.79 Å². The molecule has 1 aromatic heterocycles. The number of aromatic nitrogens is 1. The highest BCUT2D eigenvalue weighted by molar-refractivity contribution is 5.94. The molecule has 0 radical (unpaired) electrons. The van der Waals surface area contributed by atoms with Gasteiger partial charge < -0.3 is 20.5 Å². The molecule has 28 heavy (non-hydrogen) atoms. The minimum Gasteiger partial charge on any atom is -0.359 e. The lowest BCUT2D eigenvalue weighted by Crippen LogP contribution is -2.36. The van der Waals surface area contributed by atoms with Gasteiger partial charge in [0.05, 0.1) is 12.2 Å². The summed E-state index contributed by atoms with van der Waals surface area (Å²) in [4.78, 5) is 16.3. The van der Waals surface area contributed by atoms with E-state index in [2.05, 4.69) is 46.9 Å². The lowest BCUT2D eigenvalue weighted by Gasteiger charge is -2.11. The van der Waals surface area contributed by atoms with Gasteiger partial charge >= 0.3 is 0 Å². The highest BCUT2D eigenvalue weighted by Crippen LogP contribution is 2.13. The standard InChI is InChI=1S/C21H31N5O2/c1-5-6-11-23-20(27)17-9-7-16(8-10-17)13-24-21(22-4)25-14-18-12-19(15(2)3)26-28-18/h7-10,12,15H,5-6,11,13-14H2,1-4H3,(H,23,27)(H2,22,24,25). The monoisotopic (exact) mass is 385 g/mol. The summed E-state index contributed by atoms with van der Waals surface area (Å²) >= 11 is 0. The fraction of sp³-hybridized carbons (Fsp3) is 0.476. The van der Waals surface area contributed by atoms with E-state index in [-0.39, 0.29) is 5.91 Å². The van der Waals surface area contributed by atoms with Gasteiger partial charge in [0.2, 0.25) is 0 Å². The number of carbonyl (C=O) groups is 1. The fourth-order valence-electron chi connectivity index (χ4n) is 2.52. The molecule has 0 atom stereocenters. The number of nitrogens with zero attached hydrogens (tertiary/aromatic N) is 2. The Labute approximate surface area is 167 Å². The molecule has 0 aliphatic carbocycles.